The van der Waals surface area contributed by atoms with Gasteiger partial charge in [-0.15, -0.1) is 11.3 Å². The molecule has 438 valence electrons. The van der Waals surface area contributed by atoms with Crippen molar-refractivity contribution < 1.29 is 62.4 Å². The van der Waals surface area contributed by atoms with Crippen molar-refractivity contribution in [3.63, 3.8) is 0 Å². The van der Waals surface area contributed by atoms with Gasteiger partial charge in [0.25, 0.3) is 5.91 Å². The Kier molecular flexibility index (Phi) is 29.1. The quantitative estimate of drug-likeness (QED) is 0.0252. The van der Waals surface area contributed by atoms with Crippen molar-refractivity contribution in [2.45, 2.75) is 149 Å². The van der Waals surface area contributed by atoms with E-state index in [4.69, 9.17) is 24.7 Å². The van der Waals surface area contributed by atoms with Gasteiger partial charge in [-0.1, -0.05) is 47.1 Å². The number of likely N-dealkylation sites (N-methyl/N-ethyl adjacent to an activating group) is 1. The number of esters is 1. The van der Waals surface area contributed by atoms with Crippen molar-refractivity contribution in [3.05, 3.63) is 39.8 Å². The number of Topliss-reactive ketones (excluding diaryl/α,β-unsaturated/α-hetero) is 2. The molecule has 5 N–H and O–H groups in total. The van der Waals surface area contributed by atoms with E-state index in [0.29, 0.717) is 69.6 Å². The predicted molar refractivity (Wildman–Crippen MR) is 302 cm³/mol. The molecule has 7 atom stereocenters. The maximum Gasteiger partial charge on any atom is 0.303 e. The number of phenolic OH excluding ortho intramolecular Hbond substituents is 1. The van der Waals surface area contributed by atoms with Crippen LogP contribution in [0.5, 0.6) is 5.75 Å². The molecule has 0 bridgehead atoms. The Balaban J connectivity index is 1.83. The van der Waals surface area contributed by atoms with E-state index in [9.17, 15) is 43.5 Å². The topological polar surface area (TPSA) is 266 Å². The van der Waals surface area contributed by atoms with Crippen LogP contribution >= 0.6 is 23.1 Å². The molecular formula is C56H89N7O13S2. The first kappa shape index (κ1) is 67.4. The van der Waals surface area contributed by atoms with E-state index >= 15 is 0 Å². The van der Waals surface area contributed by atoms with Crippen molar-refractivity contribution in [2.24, 2.45) is 29.4 Å². The third-order valence-electron chi connectivity index (χ3n) is 14.6. The molecule has 0 radical (unpaired) electrons. The summed E-state index contributed by atoms with van der Waals surface area (Å²) in [7, 11) is 5.39. The van der Waals surface area contributed by atoms with Crippen molar-refractivity contribution in [1.82, 2.24) is 25.0 Å². The lowest BCUT2D eigenvalue weighted by Crippen LogP contribution is -2.50. The number of nitrogens with zero attached hydrogens (tertiary/aromatic N) is 4. The SMILES string of the molecule is CC[C@H](C)[C@H](CC(=O)C(C)(C)N(C)C)C(=O)N(C)[C@H](C[C@@H](OC(C)=O)c1nc(C(=O)N[C@@H](Cc2ccc(O)c(NC(=O)CCCN3C(=O)CC(SC)C3=O)c2)CC(C)C(=O)CCCOCCOCCOCCN)cs1)C(C)C. The Bertz CT molecular complexity index is 2290. The Labute approximate surface area is 470 Å². The fourth-order valence-corrected chi connectivity index (χ4v) is 10.5. The standard InChI is InChI=1S/C56H89N7O13S2/c1-13-36(4)41(31-49(67)56(7,8)61(9)10)54(71)62(11)44(35(2)3)32-47(76-38(6)64)53-60-43(34-78-53)52(70)58-40(28-37(5)45(65)16-15-22-73-24-26-75-27-25-74-23-20-57)29-39-18-19-46(66)42(30-39)59-50(68)17-14-21-63-51(69)33-48(77-12)55(63)72/h18-19,30,34-37,40-41,44,47-48,66H,13-17,20-29,31-33,57H2,1-12H3,(H,58,70)(H,59,68)/t36-,37?,40+,41-,44+,47+,48?/m0/s1. The maximum atomic E-state index is 14.4. The lowest BCUT2D eigenvalue weighted by atomic mass is 9.81. The monoisotopic (exact) mass is 1130 g/mol. The van der Waals surface area contributed by atoms with E-state index in [1.165, 1.54) is 29.7 Å². The minimum absolute atomic E-state index is 0.0233. The largest absolute Gasteiger partial charge is 0.506 e. The Hall–Kier alpha value is -4.84. The number of thiazole rings is 1. The van der Waals surface area contributed by atoms with Gasteiger partial charge in [0.1, 0.15) is 22.2 Å². The summed E-state index contributed by atoms with van der Waals surface area (Å²) < 4.78 is 22.3. The first-order valence-electron chi connectivity index (χ1n) is 27.2. The number of carbonyl (C=O) groups excluding carboxylic acids is 8. The molecule has 0 aliphatic carbocycles. The number of imide groups is 1. The van der Waals surface area contributed by atoms with Gasteiger partial charge in [-0.3, -0.25) is 48.2 Å². The summed E-state index contributed by atoms with van der Waals surface area (Å²) in [4.78, 5) is 116. The molecule has 22 heteroatoms. The first-order chi connectivity index (χ1) is 36.9. The molecule has 0 spiro atoms. The smallest absolute Gasteiger partial charge is 0.303 e. The average molecular weight is 1130 g/mol. The summed E-state index contributed by atoms with van der Waals surface area (Å²) in [5.41, 5.74) is 5.44. The Morgan fingerprint density at radius 2 is 1.60 bits per heavy atom. The molecule has 2 unspecified atom stereocenters. The number of amides is 5. The summed E-state index contributed by atoms with van der Waals surface area (Å²) >= 11 is 2.45. The number of phenols is 1. The lowest BCUT2D eigenvalue weighted by molar-refractivity contribution is -0.150. The van der Waals surface area contributed by atoms with E-state index in [2.05, 4.69) is 15.6 Å². The van der Waals surface area contributed by atoms with E-state index in [1.54, 1.807) is 42.6 Å². The number of anilines is 1. The van der Waals surface area contributed by atoms with Crippen LogP contribution in [0, 0.1) is 23.7 Å². The highest BCUT2D eigenvalue weighted by atomic mass is 32.2. The summed E-state index contributed by atoms with van der Waals surface area (Å²) in [5, 5.41) is 18.1. The van der Waals surface area contributed by atoms with Gasteiger partial charge in [0, 0.05) is 95.1 Å². The Morgan fingerprint density at radius 3 is 2.19 bits per heavy atom. The van der Waals surface area contributed by atoms with Crippen LogP contribution in [0.3, 0.4) is 0 Å². The number of hydrogen-bond donors (Lipinski definition) is 4. The molecule has 1 aliphatic rings. The van der Waals surface area contributed by atoms with Crippen molar-refractivity contribution in [2.75, 3.05) is 85.4 Å². The van der Waals surface area contributed by atoms with Crippen LogP contribution in [0.2, 0.25) is 0 Å². The minimum Gasteiger partial charge on any atom is -0.506 e. The van der Waals surface area contributed by atoms with Crippen LogP contribution in [0.1, 0.15) is 140 Å². The number of rotatable bonds is 38. The second kappa shape index (κ2) is 33.7. The molecule has 1 aliphatic heterocycles. The van der Waals surface area contributed by atoms with Gasteiger partial charge in [-0.05, 0) is 89.4 Å². The minimum atomic E-state index is -0.928. The van der Waals surface area contributed by atoms with E-state index in [1.807, 2.05) is 60.5 Å². The van der Waals surface area contributed by atoms with Gasteiger partial charge in [0.05, 0.1) is 49.5 Å². The van der Waals surface area contributed by atoms with Gasteiger partial charge in [0.2, 0.25) is 23.6 Å². The maximum absolute atomic E-state index is 14.4. The van der Waals surface area contributed by atoms with Gasteiger partial charge >= 0.3 is 5.97 Å². The molecule has 3 rings (SSSR count). The number of benzene rings is 1. The second-order valence-electron chi connectivity index (χ2n) is 21.3. The fourth-order valence-electron chi connectivity index (χ4n) is 8.98. The molecular weight excluding hydrogens is 1040 g/mol. The molecule has 1 fully saturated rings. The molecule has 2 aromatic rings. The highest BCUT2D eigenvalue weighted by Crippen LogP contribution is 2.34. The first-order valence-corrected chi connectivity index (χ1v) is 29.4. The number of nitrogens with two attached hydrogens (primary N) is 1. The van der Waals surface area contributed by atoms with E-state index in [0.717, 1.165) is 11.3 Å². The Morgan fingerprint density at radius 1 is 0.949 bits per heavy atom. The molecule has 78 heavy (non-hydrogen) atoms. The van der Waals surface area contributed by atoms with E-state index < -0.39 is 58.6 Å². The van der Waals surface area contributed by atoms with Gasteiger partial charge < -0.3 is 45.3 Å². The number of ketones is 2. The third kappa shape index (κ3) is 21.3. The zero-order chi connectivity index (χ0) is 58.3. The highest BCUT2D eigenvalue weighted by molar-refractivity contribution is 8.00. The van der Waals surface area contributed by atoms with Gasteiger partial charge in [-0.25, -0.2) is 4.98 Å². The molecule has 20 nitrogen and oxygen atoms in total. The number of aromatic nitrogens is 1. The summed E-state index contributed by atoms with van der Waals surface area (Å²) in [6.45, 7) is 17.6. The summed E-state index contributed by atoms with van der Waals surface area (Å²) in [6, 6.07) is 3.57. The highest BCUT2D eigenvalue weighted by Gasteiger charge is 2.40. The zero-order valence-corrected chi connectivity index (χ0v) is 49.8. The molecule has 0 saturated carbocycles. The van der Waals surface area contributed by atoms with Crippen molar-refractivity contribution in [3.8, 4) is 5.75 Å². The van der Waals surface area contributed by atoms with Gasteiger partial charge in [0.15, 0.2) is 11.9 Å². The number of nitrogens with one attached hydrogen (secondary N) is 2. The summed E-state index contributed by atoms with van der Waals surface area (Å²) in [6.07, 6.45) is 3.21. The molecule has 2 heterocycles. The fraction of sp³-hybridized carbons (Fsp3) is 0.696. The molecule has 1 saturated heterocycles. The summed E-state index contributed by atoms with van der Waals surface area (Å²) in [5.74, 6) is -3.84. The number of carbonyl (C=O) groups is 8. The third-order valence-corrected chi connectivity index (χ3v) is 16.5. The van der Waals surface area contributed by atoms with Crippen LogP contribution in [0.15, 0.2) is 23.6 Å². The van der Waals surface area contributed by atoms with Crippen molar-refractivity contribution in [1.29, 1.82) is 0 Å². The van der Waals surface area contributed by atoms with E-state index in [-0.39, 0.29) is 116 Å². The number of ether oxygens (including phenoxy) is 4. The van der Waals surface area contributed by atoms with Crippen molar-refractivity contribution >= 4 is 75.9 Å². The normalized spacial score (nSPS) is 16.2. The molecule has 5 amide bonds. The van der Waals surface area contributed by atoms with Crippen LogP contribution in [0.25, 0.3) is 0 Å². The molecule has 1 aromatic carbocycles. The predicted octanol–water partition coefficient (Wildman–Crippen LogP) is 6.22. The number of thioether (sulfide) groups is 1. The number of aromatic hydroxyl groups is 1. The lowest BCUT2D eigenvalue weighted by Gasteiger charge is -2.38. The number of hydrogen-bond acceptors (Lipinski definition) is 18. The number of likely N-dealkylation sites (tertiary alicyclic amines) is 1. The van der Waals surface area contributed by atoms with Crippen LogP contribution in [0.4, 0.5) is 5.69 Å². The average Bonchev–Trinajstić information content (AvgIpc) is 4.00. The van der Waals surface area contributed by atoms with Gasteiger partial charge in [-0.2, -0.15) is 11.8 Å². The zero-order valence-electron chi connectivity index (χ0n) is 48.2. The van der Waals surface area contributed by atoms with Crippen LogP contribution < -0.4 is 16.4 Å². The van der Waals surface area contributed by atoms with Crippen LogP contribution in [-0.2, 0) is 58.9 Å². The molecule has 1 aromatic heterocycles. The van der Waals surface area contributed by atoms with Crippen LogP contribution in [-0.4, -0.2) is 175 Å². The second-order valence-corrected chi connectivity index (χ2v) is 23.2.